The first kappa shape index (κ1) is 17.5. The van der Waals surface area contributed by atoms with E-state index in [2.05, 4.69) is 14.9 Å². The molecular formula is C17H27FN4O2. The molecule has 1 saturated carbocycles. The van der Waals surface area contributed by atoms with Crippen LogP contribution in [0.25, 0.3) is 0 Å². The molecule has 0 radical (unpaired) electrons. The third-order valence-corrected chi connectivity index (χ3v) is 5.06. The van der Waals surface area contributed by atoms with Crippen LogP contribution in [0.2, 0.25) is 0 Å². The number of rotatable bonds is 5. The summed E-state index contributed by atoms with van der Waals surface area (Å²) in [6, 6.07) is 0. The molecule has 0 amide bonds. The Labute approximate surface area is 142 Å². The Morgan fingerprint density at radius 2 is 2.25 bits per heavy atom. The van der Waals surface area contributed by atoms with Gasteiger partial charge < -0.3 is 14.7 Å². The van der Waals surface area contributed by atoms with Crippen molar-refractivity contribution < 1.29 is 14.2 Å². The van der Waals surface area contributed by atoms with E-state index in [0.717, 1.165) is 39.1 Å². The van der Waals surface area contributed by atoms with Gasteiger partial charge in [-0.25, -0.2) is 14.4 Å². The standard InChI is InChI=1S/C17H27FN4O2/c1-21(2)16-19-10-14(18)15(20-16)7-13-8-17(9-13)11-22(3-5-23)4-6-24-12-17/h10,13,23H,3-9,11-12H2,1-2H3. The first-order valence-electron chi connectivity index (χ1n) is 8.61. The topological polar surface area (TPSA) is 61.7 Å². The van der Waals surface area contributed by atoms with Gasteiger partial charge in [0.1, 0.15) is 0 Å². The molecule has 6 nitrogen and oxygen atoms in total. The summed E-state index contributed by atoms with van der Waals surface area (Å²) >= 11 is 0. The van der Waals surface area contributed by atoms with Crippen molar-refractivity contribution >= 4 is 5.95 Å². The Morgan fingerprint density at radius 3 is 2.96 bits per heavy atom. The van der Waals surface area contributed by atoms with Gasteiger partial charge in [-0.05, 0) is 25.2 Å². The minimum Gasteiger partial charge on any atom is -0.395 e. The first-order valence-corrected chi connectivity index (χ1v) is 8.61. The van der Waals surface area contributed by atoms with Gasteiger partial charge in [-0.2, -0.15) is 0 Å². The lowest BCUT2D eigenvalue weighted by Gasteiger charge is -2.48. The number of hydrogen-bond acceptors (Lipinski definition) is 6. The predicted molar refractivity (Wildman–Crippen MR) is 89.5 cm³/mol. The normalized spacial score (nSPS) is 27.8. The second-order valence-electron chi connectivity index (χ2n) is 7.39. The van der Waals surface area contributed by atoms with Gasteiger partial charge >= 0.3 is 0 Å². The molecule has 1 aromatic rings. The monoisotopic (exact) mass is 338 g/mol. The molecule has 0 atom stereocenters. The first-order chi connectivity index (χ1) is 11.5. The molecule has 1 aliphatic carbocycles. The predicted octanol–water partition coefficient (Wildman–Crippen LogP) is 0.945. The zero-order valence-corrected chi connectivity index (χ0v) is 14.5. The Balaban J connectivity index is 1.61. The highest BCUT2D eigenvalue weighted by Gasteiger charge is 2.46. The van der Waals surface area contributed by atoms with E-state index in [-0.39, 0.29) is 17.8 Å². The van der Waals surface area contributed by atoms with Crippen molar-refractivity contribution in [3.63, 3.8) is 0 Å². The number of aliphatic hydroxyl groups is 1. The zero-order valence-electron chi connectivity index (χ0n) is 14.5. The Hall–Kier alpha value is -1.31. The minimum absolute atomic E-state index is 0.157. The van der Waals surface area contributed by atoms with Crippen LogP contribution in [0.5, 0.6) is 0 Å². The molecular weight excluding hydrogens is 311 g/mol. The van der Waals surface area contributed by atoms with E-state index in [4.69, 9.17) is 4.74 Å². The molecule has 1 aliphatic heterocycles. The molecule has 0 aromatic carbocycles. The third kappa shape index (κ3) is 3.84. The highest BCUT2D eigenvalue weighted by atomic mass is 19.1. The Morgan fingerprint density at radius 1 is 1.46 bits per heavy atom. The van der Waals surface area contributed by atoms with Crippen LogP contribution in [-0.4, -0.2) is 73.5 Å². The number of ether oxygens (including phenoxy) is 1. The largest absolute Gasteiger partial charge is 0.395 e. The molecule has 2 aliphatic rings. The molecule has 24 heavy (non-hydrogen) atoms. The van der Waals surface area contributed by atoms with E-state index in [1.54, 1.807) is 4.90 Å². The van der Waals surface area contributed by atoms with Crippen LogP contribution in [0.15, 0.2) is 6.20 Å². The van der Waals surface area contributed by atoms with Crippen LogP contribution in [-0.2, 0) is 11.2 Å². The van der Waals surface area contributed by atoms with Crippen LogP contribution in [0.1, 0.15) is 18.5 Å². The van der Waals surface area contributed by atoms with Gasteiger partial charge in [0.25, 0.3) is 0 Å². The average molecular weight is 338 g/mol. The lowest BCUT2D eigenvalue weighted by Crippen LogP contribution is -2.48. The summed E-state index contributed by atoms with van der Waals surface area (Å²) in [6.07, 6.45) is 3.96. The third-order valence-electron chi connectivity index (χ3n) is 5.06. The van der Waals surface area contributed by atoms with Gasteiger partial charge in [-0.3, -0.25) is 4.90 Å². The van der Waals surface area contributed by atoms with Gasteiger partial charge in [-0.1, -0.05) is 0 Å². The number of β-amino-alcohol motifs (C(OH)–C–C–N with tert-alkyl or cyclic N) is 1. The summed E-state index contributed by atoms with van der Waals surface area (Å²) in [7, 11) is 3.71. The van der Waals surface area contributed by atoms with Crippen LogP contribution >= 0.6 is 0 Å². The molecule has 2 fully saturated rings. The van der Waals surface area contributed by atoms with Crippen LogP contribution in [0.3, 0.4) is 0 Å². The van der Waals surface area contributed by atoms with E-state index in [0.29, 0.717) is 30.5 Å². The molecule has 2 heterocycles. The van der Waals surface area contributed by atoms with Crippen molar-refractivity contribution in [2.75, 3.05) is 58.5 Å². The maximum absolute atomic E-state index is 14.0. The number of hydrogen-bond donors (Lipinski definition) is 1. The van der Waals surface area contributed by atoms with Crippen LogP contribution in [0.4, 0.5) is 10.3 Å². The van der Waals surface area contributed by atoms with Gasteiger partial charge in [0.2, 0.25) is 5.95 Å². The van der Waals surface area contributed by atoms with E-state index >= 15 is 0 Å². The number of halogens is 1. The van der Waals surface area contributed by atoms with Crippen molar-refractivity contribution in [2.24, 2.45) is 11.3 Å². The molecule has 1 saturated heterocycles. The summed E-state index contributed by atoms with van der Waals surface area (Å²) < 4.78 is 19.8. The second kappa shape index (κ2) is 7.29. The summed E-state index contributed by atoms with van der Waals surface area (Å²) in [5.74, 6) is 0.662. The SMILES string of the molecule is CN(C)c1ncc(F)c(CC2CC3(COCCN(CCO)C3)C2)n1. The number of aromatic nitrogens is 2. The number of nitrogens with zero attached hydrogens (tertiary/aromatic N) is 4. The van der Waals surface area contributed by atoms with Gasteiger partial charge in [0, 0.05) is 39.1 Å². The van der Waals surface area contributed by atoms with Crippen molar-refractivity contribution in [3.8, 4) is 0 Å². The number of aliphatic hydroxyl groups excluding tert-OH is 1. The average Bonchev–Trinajstić information content (AvgIpc) is 2.72. The second-order valence-corrected chi connectivity index (χ2v) is 7.39. The maximum atomic E-state index is 14.0. The lowest BCUT2D eigenvalue weighted by atomic mass is 9.61. The molecule has 134 valence electrons. The van der Waals surface area contributed by atoms with E-state index in [1.165, 1.54) is 6.20 Å². The van der Waals surface area contributed by atoms with E-state index in [1.807, 2.05) is 14.1 Å². The van der Waals surface area contributed by atoms with E-state index < -0.39 is 0 Å². The van der Waals surface area contributed by atoms with Crippen LogP contribution in [0, 0.1) is 17.2 Å². The van der Waals surface area contributed by atoms with E-state index in [9.17, 15) is 9.50 Å². The fourth-order valence-electron chi connectivity index (χ4n) is 3.99. The quantitative estimate of drug-likeness (QED) is 0.862. The van der Waals surface area contributed by atoms with Gasteiger partial charge in [0.15, 0.2) is 5.82 Å². The summed E-state index contributed by atoms with van der Waals surface area (Å²) in [4.78, 5) is 12.4. The fourth-order valence-corrected chi connectivity index (χ4v) is 3.99. The molecule has 1 spiro atoms. The maximum Gasteiger partial charge on any atom is 0.225 e. The molecule has 1 aromatic heterocycles. The lowest BCUT2D eigenvalue weighted by molar-refractivity contribution is -0.0307. The van der Waals surface area contributed by atoms with Gasteiger partial charge in [0.05, 0.1) is 31.7 Å². The molecule has 0 unspecified atom stereocenters. The van der Waals surface area contributed by atoms with Crippen molar-refractivity contribution in [3.05, 3.63) is 17.7 Å². The molecule has 1 N–H and O–H groups in total. The molecule has 7 heteroatoms. The Bertz CT molecular complexity index is 564. The zero-order chi connectivity index (χ0) is 17.2. The Kier molecular flexibility index (Phi) is 5.32. The van der Waals surface area contributed by atoms with Crippen molar-refractivity contribution in [2.45, 2.75) is 19.3 Å². The fraction of sp³-hybridized carbons (Fsp3) is 0.765. The summed E-state index contributed by atoms with van der Waals surface area (Å²) in [5, 5.41) is 9.18. The molecule has 0 bridgehead atoms. The van der Waals surface area contributed by atoms with Gasteiger partial charge in [-0.15, -0.1) is 0 Å². The number of anilines is 1. The van der Waals surface area contributed by atoms with Crippen LogP contribution < -0.4 is 4.90 Å². The highest BCUT2D eigenvalue weighted by Crippen LogP contribution is 2.48. The van der Waals surface area contributed by atoms with Crippen molar-refractivity contribution in [1.29, 1.82) is 0 Å². The minimum atomic E-state index is -0.319. The summed E-state index contributed by atoms with van der Waals surface area (Å²) in [5.41, 5.74) is 0.667. The molecule has 3 rings (SSSR count). The van der Waals surface area contributed by atoms with Crippen molar-refractivity contribution in [1.82, 2.24) is 14.9 Å². The highest BCUT2D eigenvalue weighted by molar-refractivity contribution is 5.28. The smallest absolute Gasteiger partial charge is 0.225 e. The summed E-state index contributed by atoms with van der Waals surface area (Å²) in [6.45, 7) is 4.19.